The first-order valence-corrected chi connectivity index (χ1v) is 3.61. The summed E-state index contributed by atoms with van der Waals surface area (Å²) in [6, 6.07) is 0. The number of nitrogens with two attached hydrogens (primary N) is 1. The van der Waals surface area contributed by atoms with E-state index in [0.717, 1.165) is 0 Å². The highest BCUT2D eigenvalue weighted by Gasteiger charge is 2.03. The van der Waals surface area contributed by atoms with E-state index in [0.29, 0.717) is 0 Å². The lowest BCUT2D eigenvalue weighted by atomic mass is 11.3. The minimum Gasteiger partial charge on any atom is -0.357 e. The molecule has 0 aromatic carbocycles. The molecule has 0 radical (unpaired) electrons. The maximum atomic E-state index is 4.78. The van der Waals surface area contributed by atoms with Crippen molar-refractivity contribution in [1.82, 2.24) is 0 Å². The van der Waals surface area contributed by atoms with Crippen LogP contribution < -0.4 is 5.90 Å². The van der Waals surface area contributed by atoms with Crippen molar-refractivity contribution in [2.24, 2.45) is 5.90 Å². The number of methoxy groups -OCH3 is 2. The molecule has 0 spiro atoms. The molecule has 8 heavy (non-hydrogen) atoms. The van der Waals surface area contributed by atoms with Crippen LogP contribution >= 0.6 is 0 Å². The van der Waals surface area contributed by atoms with Gasteiger partial charge >= 0.3 is 0 Å². The Morgan fingerprint density at radius 2 is 1.88 bits per heavy atom. The highest BCUT2D eigenvalue weighted by Crippen LogP contribution is 1.84. The van der Waals surface area contributed by atoms with Crippen molar-refractivity contribution in [2.75, 3.05) is 14.2 Å². The molecule has 0 bridgehead atoms. The van der Waals surface area contributed by atoms with E-state index >= 15 is 0 Å². The van der Waals surface area contributed by atoms with Gasteiger partial charge in [0, 0.05) is 14.2 Å². The van der Waals surface area contributed by atoms with Crippen molar-refractivity contribution < 1.29 is 14.0 Å². The smallest absolute Gasteiger partial charge is 0.251 e. The molecular weight excluding hydrogens is 126 g/mol. The van der Waals surface area contributed by atoms with Crippen LogP contribution in [-0.2, 0) is 14.0 Å². The quantitative estimate of drug-likeness (QED) is 0.292. The van der Waals surface area contributed by atoms with Crippen LogP contribution in [0.15, 0.2) is 0 Å². The van der Waals surface area contributed by atoms with Gasteiger partial charge in [0.1, 0.15) is 0 Å². The van der Waals surface area contributed by atoms with E-state index in [2.05, 4.69) is 4.53 Å². The molecule has 0 unspecified atom stereocenters. The van der Waals surface area contributed by atoms with E-state index in [1.165, 1.54) is 0 Å². The highest BCUT2D eigenvalue weighted by atomic mass is 28.2. The molecule has 0 aromatic rings. The Morgan fingerprint density at radius 1 is 1.38 bits per heavy atom. The van der Waals surface area contributed by atoms with Crippen molar-refractivity contribution >= 4 is 9.76 Å². The van der Waals surface area contributed by atoms with Gasteiger partial charge in [-0.05, 0) is 0 Å². The summed E-state index contributed by atoms with van der Waals surface area (Å²) in [4.78, 5) is 0. The average Bonchev–Trinajstić information content (AvgIpc) is 1.83. The van der Waals surface area contributed by atoms with E-state index in [-0.39, 0.29) is 5.91 Å². The predicted molar refractivity (Wildman–Crippen MR) is 31.6 cm³/mol. The van der Waals surface area contributed by atoms with E-state index in [1.807, 2.05) is 0 Å². The van der Waals surface area contributed by atoms with E-state index in [1.54, 1.807) is 14.2 Å². The molecule has 0 saturated carbocycles. The Bertz CT molecular complexity index is 49.8. The van der Waals surface area contributed by atoms with Gasteiger partial charge in [-0.25, -0.2) is 5.90 Å². The number of ether oxygens (including phenoxy) is 2. The largest absolute Gasteiger partial charge is 0.357 e. The fraction of sp³-hybridized carbons (Fsp3) is 1.00. The van der Waals surface area contributed by atoms with Crippen LogP contribution in [0.4, 0.5) is 0 Å². The Hall–Kier alpha value is 0.0569. The molecule has 2 N–H and O–H groups in total. The van der Waals surface area contributed by atoms with E-state index < -0.39 is 9.76 Å². The Morgan fingerprint density at radius 3 is 2.00 bits per heavy atom. The second-order valence-electron chi connectivity index (χ2n) is 1.23. The summed E-state index contributed by atoms with van der Waals surface area (Å²) < 4.78 is 13.9. The molecule has 0 aliphatic heterocycles. The summed E-state index contributed by atoms with van der Waals surface area (Å²) in [6.07, 6.45) is 0. The molecule has 0 saturated heterocycles. The molecule has 0 amide bonds. The van der Waals surface area contributed by atoms with E-state index in [4.69, 9.17) is 15.4 Å². The maximum absolute atomic E-state index is 4.78. The second-order valence-corrected chi connectivity index (χ2v) is 2.57. The van der Waals surface area contributed by atoms with Crippen LogP contribution in [0.1, 0.15) is 0 Å². The molecule has 0 aromatic heterocycles. The first-order chi connectivity index (χ1) is 3.85. The molecule has 0 aliphatic carbocycles. The lowest BCUT2D eigenvalue weighted by Gasteiger charge is -2.09. The Balaban J connectivity index is 3.07. The third-order valence-corrected chi connectivity index (χ3v) is 1.89. The minimum atomic E-state index is -0.831. The normalized spacial score (nSPS) is 12.0. The first kappa shape index (κ1) is 8.06. The first-order valence-electron chi connectivity index (χ1n) is 2.22. The molecule has 4 nitrogen and oxygen atoms in total. The van der Waals surface area contributed by atoms with Gasteiger partial charge < -0.3 is 14.0 Å². The summed E-state index contributed by atoms with van der Waals surface area (Å²) in [5.74, 6) is 4.57. The molecule has 0 heterocycles. The van der Waals surface area contributed by atoms with Crippen molar-refractivity contribution in [3.8, 4) is 0 Å². The van der Waals surface area contributed by atoms with Crippen LogP contribution in [0, 0.1) is 0 Å². The zero-order chi connectivity index (χ0) is 6.41. The fourth-order valence-electron chi connectivity index (χ4n) is 0.311. The second kappa shape index (κ2) is 5.20. The van der Waals surface area contributed by atoms with Crippen LogP contribution in [0.3, 0.4) is 0 Å². The Kier molecular flexibility index (Phi) is 5.24. The fourth-order valence-corrected chi connectivity index (χ4v) is 0.740. The molecule has 50 valence electrons. The predicted octanol–water partition coefficient (Wildman–Crippen LogP) is -1.46. The van der Waals surface area contributed by atoms with Gasteiger partial charge in [0.2, 0.25) is 0 Å². The van der Waals surface area contributed by atoms with Gasteiger partial charge in [-0.15, -0.1) is 0 Å². The number of hydrogen-bond acceptors (Lipinski definition) is 4. The van der Waals surface area contributed by atoms with Crippen molar-refractivity contribution in [3.63, 3.8) is 0 Å². The van der Waals surface area contributed by atoms with Gasteiger partial charge in [-0.2, -0.15) is 0 Å². The molecule has 0 aliphatic rings. The summed E-state index contributed by atoms with van der Waals surface area (Å²) in [7, 11) is 2.28. The zero-order valence-corrected chi connectivity index (χ0v) is 6.50. The summed E-state index contributed by atoms with van der Waals surface area (Å²) in [6.45, 7) is 0. The Labute approximate surface area is 50.8 Å². The summed E-state index contributed by atoms with van der Waals surface area (Å²) >= 11 is 0. The maximum Gasteiger partial charge on any atom is 0.251 e. The highest BCUT2D eigenvalue weighted by molar-refractivity contribution is 6.28. The van der Waals surface area contributed by atoms with Gasteiger partial charge in [0.15, 0.2) is 5.91 Å². The molecule has 0 rings (SSSR count). The van der Waals surface area contributed by atoms with Crippen molar-refractivity contribution in [3.05, 3.63) is 0 Å². The van der Waals surface area contributed by atoms with Crippen LogP contribution in [0.2, 0.25) is 0 Å². The molecule has 0 atom stereocenters. The number of rotatable bonds is 4. The van der Waals surface area contributed by atoms with Crippen LogP contribution in [-0.4, -0.2) is 29.9 Å². The van der Waals surface area contributed by atoms with Crippen molar-refractivity contribution in [2.45, 2.75) is 5.91 Å². The van der Waals surface area contributed by atoms with Crippen LogP contribution in [0.25, 0.3) is 0 Å². The summed E-state index contributed by atoms with van der Waals surface area (Å²) in [5, 5.41) is 0. The third-order valence-electron chi connectivity index (χ3n) is 0.758. The lowest BCUT2D eigenvalue weighted by Crippen LogP contribution is -2.25. The average molecular weight is 137 g/mol. The van der Waals surface area contributed by atoms with Gasteiger partial charge in [0.05, 0.1) is 0 Å². The molecule has 0 fully saturated rings. The van der Waals surface area contributed by atoms with Gasteiger partial charge in [-0.1, -0.05) is 0 Å². The minimum absolute atomic E-state index is 0.208. The van der Waals surface area contributed by atoms with Gasteiger partial charge in [0.25, 0.3) is 9.76 Å². The summed E-state index contributed by atoms with van der Waals surface area (Å²) in [5.41, 5.74) is 0. The molecule has 5 heteroatoms. The standard InChI is InChI=1S/C3H11NO3Si/c1-5-3(6-2)8-7-4/h3H,4,8H2,1-2H3. The van der Waals surface area contributed by atoms with E-state index in [9.17, 15) is 0 Å². The zero-order valence-electron chi connectivity index (χ0n) is 5.09. The number of hydrogen-bond donors (Lipinski definition) is 1. The molecular formula is C3H11NO3Si. The lowest BCUT2D eigenvalue weighted by molar-refractivity contribution is -0.0528. The SMILES string of the molecule is COC(OC)[SiH2]ON. The topological polar surface area (TPSA) is 53.7 Å². The van der Waals surface area contributed by atoms with Crippen molar-refractivity contribution in [1.29, 1.82) is 0 Å². The van der Waals surface area contributed by atoms with Crippen LogP contribution in [0.5, 0.6) is 0 Å². The van der Waals surface area contributed by atoms with Gasteiger partial charge in [-0.3, -0.25) is 0 Å². The third kappa shape index (κ3) is 3.11. The monoisotopic (exact) mass is 137 g/mol.